The molecule has 0 atom stereocenters. The van der Waals surface area contributed by atoms with Crippen LogP contribution in [0.1, 0.15) is 31.0 Å². The summed E-state index contributed by atoms with van der Waals surface area (Å²) in [5.74, 6) is 0.895. The molecule has 1 aliphatic heterocycles. The summed E-state index contributed by atoms with van der Waals surface area (Å²) < 4.78 is 1.93. The van der Waals surface area contributed by atoms with Gasteiger partial charge in [0, 0.05) is 57.1 Å². The SMILES string of the molecule is CCCNC(=O)N1CCc2ncnc(NCCCn3cccn3)c2CC1. The van der Waals surface area contributed by atoms with Gasteiger partial charge in [0.05, 0.1) is 5.69 Å². The first kappa shape index (κ1) is 18.2. The minimum Gasteiger partial charge on any atom is -0.370 e. The maximum Gasteiger partial charge on any atom is 0.317 e. The van der Waals surface area contributed by atoms with Crippen LogP contribution in [-0.2, 0) is 19.4 Å². The van der Waals surface area contributed by atoms with Crippen molar-refractivity contribution in [1.29, 1.82) is 0 Å². The Kier molecular flexibility index (Phi) is 6.40. The summed E-state index contributed by atoms with van der Waals surface area (Å²) in [6.45, 7) is 5.85. The van der Waals surface area contributed by atoms with E-state index in [-0.39, 0.29) is 6.03 Å². The van der Waals surface area contributed by atoms with Gasteiger partial charge in [0.15, 0.2) is 0 Å². The van der Waals surface area contributed by atoms with Crippen molar-refractivity contribution in [1.82, 2.24) is 30.0 Å². The largest absolute Gasteiger partial charge is 0.370 e. The molecule has 3 rings (SSSR count). The molecule has 0 spiro atoms. The zero-order valence-electron chi connectivity index (χ0n) is 15.3. The minimum absolute atomic E-state index is 0.0151. The molecule has 2 amide bonds. The summed E-state index contributed by atoms with van der Waals surface area (Å²) in [5.41, 5.74) is 2.18. The maximum atomic E-state index is 12.2. The molecule has 0 fully saturated rings. The lowest BCUT2D eigenvalue weighted by atomic mass is 10.1. The standard InChI is InChI=1S/C18H27N7O/c1-2-7-20-18(26)24-12-5-15-16(6-13-24)21-14-22-17(15)19-8-3-10-25-11-4-9-23-25/h4,9,11,14H,2-3,5-8,10,12-13H2,1H3,(H,20,26)(H,19,21,22). The zero-order valence-corrected chi connectivity index (χ0v) is 15.3. The van der Waals surface area contributed by atoms with Gasteiger partial charge in [-0.2, -0.15) is 5.10 Å². The molecule has 2 aromatic rings. The quantitative estimate of drug-likeness (QED) is 0.737. The van der Waals surface area contributed by atoms with Gasteiger partial charge in [-0.3, -0.25) is 4.68 Å². The molecule has 8 heteroatoms. The van der Waals surface area contributed by atoms with Gasteiger partial charge in [-0.1, -0.05) is 6.92 Å². The molecule has 2 N–H and O–H groups in total. The van der Waals surface area contributed by atoms with Crippen LogP contribution in [0.25, 0.3) is 0 Å². The molecular formula is C18H27N7O. The molecule has 1 aliphatic rings. The number of nitrogens with zero attached hydrogens (tertiary/aromatic N) is 5. The van der Waals surface area contributed by atoms with Crippen molar-refractivity contribution in [3.63, 3.8) is 0 Å². The van der Waals surface area contributed by atoms with Crippen molar-refractivity contribution in [2.75, 3.05) is 31.5 Å². The number of anilines is 1. The number of urea groups is 1. The Balaban J connectivity index is 1.55. The molecule has 0 radical (unpaired) electrons. The Morgan fingerprint density at radius 1 is 1.23 bits per heavy atom. The topological polar surface area (TPSA) is 88.0 Å². The first-order chi connectivity index (χ1) is 12.8. The van der Waals surface area contributed by atoms with Gasteiger partial charge < -0.3 is 15.5 Å². The number of hydrogen-bond acceptors (Lipinski definition) is 5. The molecule has 0 unspecified atom stereocenters. The maximum absolute atomic E-state index is 12.2. The molecule has 3 heterocycles. The van der Waals surface area contributed by atoms with E-state index in [1.165, 1.54) is 0 Å². The molecular weight excluding hydrogens is 330 g/mol. The normalized spacial score (nSPS) is 13.8. The number of aromatic nitrogens is 4. The van der Waals surface area contributed by atoms with Crippen LogP contribution in [-0.4, -0.2) is 56.9 Å². The van der Waals surface area contributed by atoms with E-state index in [0.717, 1.165) is 55.8 Å². The molecule has 8 nitrogen and oxygen atoms in total. The smallest absolute Gasteiger partial charge is 0.317 e. The molecule has 140 valence electrons. The summed E-state index contributed by atoms with van der Waals surface area (Å²) in [4.78, 5) is 23.0. The Morgan fingerprint density at radius 3 is 2.92 bits per heavy atom. The first-order valence-corrected chi connectivity index (χ1v) is 9.34. The highest BCUT2D eigenvalue weighted by Crippen LogP contribution is 2.20. The highest BCUT2D eigenvalue weighted by molar-refractivity contribution is 5.74. The summed E-state index contributed by atoms with van der Waals surface area (Å²) in [7, 11) is 0. The van der Waals surface area contributed by atoms with Crippen LogP contribution < -0.4 is 10.6 Å². The number of amides is 2. The molecule has 0 aliphatic carbocycles. The third-order valence-corrected chi connectivity index (χ3v) is 4.51. The van der Waals surface area contributed by atoms with Gasteiger partial charge in [-0.25, -0.2) is 14.8 Å². The molecule has 2 aromatic heterocycles. The number of aryl methyl sites for hydroxylation is 1. The highest BCUT2D eigenvalue weighted by Gasteiger charge is 2.21. The van der Waals surface area contributed by atoms with Crippen LogP contribution in [0.15, 0.2) is 24.8 Å². The molecule has 0 saturated heterocycles. The van der Waals surface area contributed by atoms with Crippen LogP contribution in [0.3, 0.4) is 0 Å². The van der Waals surface area contributed by atoms with Crippen LogP contribution in [0.4, 0.5) is 10.6 Å². The lowest BCUT2D eigenvalue weighted by molar-refractivity contribution is 0.200. The van der Waals surface area contributed by atoms with Gasteiger partial charge in [-0.15, -0.1) is 0 Å². The van der Waals surface area contributed by atoms with Crippen molar-refractivity contribution in [2.45, 2.75) is 39.2 Å². The van der Waals surface area contributed by atoms with Crippen molar-refractivity contribution in [2.24, 2.45) is 0 Å². The molecule has 0 bridgehead atoms. The predicted octanol–water partition coefficient (Wildman–Crippen LogP) is 1.70. The Hall–Kier alpha value is -2.64. The fourth-order valence-corrected chi connectivity index (χ4v) is 3.11. The zero-order chi connectivity index (χ0) is 18.2. The highest BCUT2D eigenvalue weighted by atomic mass is 16.2. The first-order valence-electron chi connectivity index (χ1n) is 9.34. The second-order valence-electron chi connectivity index (χ2n) is 6.42. The van der Waals surface area contributed by atoms with E-state index in [0.29, 0.717) is 19.6 Å². The van der Waals surface area contributed by atoms with Crippen molar-refractivity contribution in [3.8, 4) is 0 Å². The van der Waals surface area contributed by atoms with E-state index in [1.807, 2.05) is 21.8 Å². The third-order valence-electron chi connectivity index (χ3n) is 4.51. The Labute approximate surface area is 154 Å². The lowest BCUT2D eigenvalue weighted by Gasteiger charge is -2.20. The third kappa shape index (κ3) is 4.71. The average Bonchev–Trinajstić information content (AvgIpc) is 3.08. The monoisotopic (exact) mass is 357 g/mol. The van der Waals surface area contributed by atoms with Crippen LogP contribution >= 0.6 is 0 Å². The Bertz CT molecular complexity index is 702. The number of hydrogen-bond donors (Lipinski definition) is 2. The average molecular weight is 357 g/mol. The van der Waals surface area contributed by atoms with Crippen LogP contribution in [0.2, 0.25) is 0 Å². The van der Waals surface area contributed by atoms with E-state index in [2.05, 4.69) is 32.6 Å². The fraction of sp³-hybridized carbons (Fsp3) is 0.556. The summed E-state index contributed by atoms with van der Waals surface area (Å²) in [6, 6.07) is 1.95. The van der Waals surface area contributed by atoms with Gasteiger partial charge >= 0.3 is 6.03 Å². The van der Waals surface area contributed by atoms with E-state index < -0.39 is 0 Å². The summed E-state index contributed by atoms with van der Waals surface area (Å²) in [5, 5.41) is 10.6. The van der Waals surface area contributed by atoms with E-state index >= 15 is 0 Å². The number of nitrogens with one attached hydrogen (secondary N) is 2. The van der Waals surface area contributed by atoms with Crippen molar-refractivity contribution >= 4 is 11.8 Å². The van der Waals surface area contributed by atoms with Crippen molar-refractivity contribution in [3.05, 3.63) is 36.0 Å². The van der Waals surface area contributed by atoms with Gasteiger partial charge in [0.2, 0.25) is 0 Å². The second-order valence-corrected chi connectivity index (χ2v) is 6.42. The van der Waals surface area contributed by atoms with Gasteiger partial charge in [0.25, 0.3) is 0 Å². The number of fused-ring (bicyclic) bond motifs is 1. The summed E-state index contributed by atoms with van der Waals surface area (Å²) >= 11 is 0. The molecule has 0 aromatic carbocycles. The van der Waals surface area contributed by atoms with Gasteiger partial charge in [-0.05, 0) is 25.3 Å². The van der Waals surface area contributed by atoms with Crippen LogP contribution in [0.5, 0.6) is 0 Å². The van der Waals surface area contributed by atoms with Crippen molar-refractivity contribution < 1.29 is 4.79 Å². The van der Waals surface area contributed by atoms with E-state index in [1.54, 1.807) is 12.5 Å². The molecule has 0 saturated carbocycles. The molecule has 26 heavy (non-hydrogen) atoms. The predicted molar refractivity (Wildman–Crippen MR) is 100 cm³/mol. The summed E-state index contributed by atoms with van der Waals surface area (Å²) in [6.07, 6.45) is 8.82. The minimum atomic E-state index is 0.0151. The lowest BCUT2D eigenvalue weighted by Crippen LogP contribution is -2.41. The Morgan fingerprint density at radius 2 is 2.12 bits per heavy atom. The number of carbonyl (C=O) groups excluding carboxylic acids is 1. The fourth-order valence-electron chi connectivity index (χ4n) is 3.11. The van der Waals surface area contributed by atoms with Gasteiger partial charge in [0.1, 0.15) is 12.1 Å². The second kappa shape index (κ2) is 9.17. The van der Waals surface area contributed by atoms with E-state index in [9.17, 15) is 4.79 Å². The van der Waals surface area contributed by atoms with Crippen LogP contribution in [0, 0.1) is 0 Å². The number of carbonyl (C=O) groups is 1. The van der Waals surface area contributed by atoms with E-state index in [4.69, 9.17) is 0 Å². The number of rotatable bonds is 7.